The van der Waals surface area contributed by atoms with Crippen molar-refractivity contribution in [2.45, 2.75) is 31.8 Å². The second-order valence-electron chi connectivity index (χ2n) is 5.45. The van der Waals surface area contributed by atoms with Crippen LogP contribution in [0.25, 0.3) is 16.7 Å². The van der Waals surface area contributed by atoms with Crippen molar-refractivity contribution in [1.82, 2.24) is 19.2 Å². The van der Waals surface area contributed by atoms with Crippen molar-refractivity contribution >= 4 is 16.7 Å². The van der Waals surface area contributed by atoms with E-state index in [2.05, 4.69) is 10.2 Å². The Morgan fingerprint density at radius 2 is 1.88 bits per heavy atom. The summed E-state index contributed by atoms with van der Waals surface area (Å²) in [5.41, 5.74) is 0.247. The summed E-state index contributed by atoms with van der Waals surface area (Å²) in [5.74, 6) is 0.198. The van der Waals surface area contributed by atoms with E-state index in [4.69, 9.17) is 5.11 Å². The number of hydrogen-bond acceptors (Lipinski definition) is 7. The van der Waals surface area contributed by atoms with Crippen molar-refractivity contribution in [3.63, 3.8) is 0 Å². The Labute approximate surface area is 136 Å². The number of aromatic nitrogens is 4. The molecule has 0 radical (unpaired) electrons. The lowest BCUT2D eigenvalue weighted by Gasteiger charge is -2.20. The first kappa shape index (κ1) is 16.5. The van der Waals surface area contributed by atoms with Gasteiger partial charge in [0.15, 0.2) is 5.82 Å². The molecule has 3 rings (SSSR count). The van der Waals surface area contributed by atoms with Gasteiger partial charge in [0.1, 0.15) is 18.3 Å². The lowest BCUT2D eigenvalue weighted by Crippen LogP contribution is -2.35. The number of fused-ring (bicyclic) bond motifs is 3. The van der Waals surface area contributed by atoms with Crippen molar-refractivity contribution in [1.29, 1.82) is 0 Å². The van der Waals surface area contributed by atoms with E-state index >= 15 is 0 Å². The fourth-order valence-electron chi connectivity index (χ4n) is 2.73. The van der Waals surface area contributed by atoms with Gasteiger partial charge in [0.25, 0.3) is 5.56 Å². The molecule has 9 nitrogen and oxygen atoms in total. The molecule has 2 aromatic heterocycles. The number of aryl methyl sites for hydroxylation is 1. The van der Waals surface area contributed by atoms with Gasteiger partial charge in [0, 0.05) is 6.54 Å². The number of aliphatic hydroxyl groups excluding tert-OH is 4. The Morgan fingerprint density at radius 3 is 2.54 bits per heavy atom. The maximum atomic E-state index is 12.5. The second kappa shape index (κ2) is 6.29. The first-order chi connectivity index (χ1) is 11.5. The average Bonchev–Trinajstić information content (AvgIpc) is 3.05. The van der Waals surface area contributed by atoms with Gasteiger partial charge in [0.05, 0.1) is 17.5 Å². The van der Waals surface area contributed by atoms with E-state index in [1.54, 1.807) is 31.2 Å². The zero-order valence-corrected chi connectivity index (χ0v) is 12.9. The van der Waals surface area contributed by atoms with Crippen molar-refractivity contribution in [3.8, 4) is 0 Å². The highest BCUT2D eigenvalue weighted by Gasteiger charge is 2.30. The maximum Gasteiger partial charge on any atom is 0.262 e. The minimum absolute atomic E-state index is 0.0246. The van der Waals surface area contributed by atoms with Gasteiger partial charge in [-0.2, -0.15) is 0 Å². The molecule has 0 bridgehead atoms. The van der Waals surface area contributed by atoms with Gasteiger partial charge in [0.2, 0.25) is 5.78 Å². The quantitative estimate of drug-likeness (QED) is 0.461. The van der Waals surface area contributed by atoms with Crippen LogP contribution in [0, 0.1) is 0 Å². The zero-order chi connectivity index (χ0) is 17.4. The largest absolute Gasteiger partial charge is 0.394 e. The molecule has 4 N–H and O–H groups in total. The number of para-hydroxylation sites is 1. The van der Waals surface area contributed by atoms with Crippen LogP contribution in [-0.2, 0) is 6.54 Å². The molecule has 3 aromatic rings. The Hall–Kier alpha value is -2.33. The third-order valence-electron chi connectivity index (χ3n) is 4.02. The summed E-state index contributed by atoms with van der Waals surface area (Å²) < 4.78 is 2.87. The summed E-state index contributed by atoms with van der Waals surface area (Å²) in [5, 5.41) is 47.0. The van der Waals surface area contributed by atoms with Gasteiger partial charge in [-0.05, 0) is 19.1 Å². The Bertz CT molecular complexity index is 935. The Morgan fingerprint density at radius 1 is 1.17 bits per heavy atom. The molecule has 0 saturated carbocycles. The van der Waals surface area contributed by atoms with Crippen LogP contribution >= 0.6 is 0 Å². The molecule has 9 heteroatoms. The van der Waals surface area contributed by atoms with Crippen molar-refractivity contribution in [3.05, 3.63) is 40.4 Å². The summed E-state index contributed by atoms with van der Waals surface area (Å²) in [6, 6.07) is 6.78. The van der Waals surface area contributed by atoms with Crippen LogP contribution < -0.4 is 5.56 Å². The van der Waals surface area contributed by atoms with Crippen LogP contribution in [0.3, 0.4) is 0 Å². The van der Waals surface area contributed by atoms with E-state index in [0.717, 1.165) is 0 Å². The zero-order valence-electron chi connectivity index (χ0n) is 12.9. The van der Waals surface area contributed by atoms with E-state index in [1.165, 1.54) is 8.97 Å². The van der Waals surface area contributed by atoms with Crippen LogP contribution in [0.1, 0.15) is 18.9 Å². The lowest BCUT2D eigenvalue weighted by molar-refractivity contribution is -0.0805. The molecule has 24 heavy (non-hydrogen) atoms. The van der Waals surface area contributed by atoms with Gasteiger partial charge >= 0.3 is 0 Å². The van der Waals surface area contributed by atoms with E-state index in [-0.39, 0.29) is 17.2 Å². The normalized spacial score (nSPS) is 15.7. The molecule has 0 amide bonds. The fraction of sp³-hybridized carbons (Fsp3) is 0.400. The SMILES string of the molecule is CCn1c(=O)c2ccccc2n2c([C@@H](O)[C@H](O)[C@H](O)CO)nnc12. The number of nitrogens with zero attached hydrogens (tertiary/aromatic N) is 4. The summed E-state index contributed by atoms with van der Waals surface area (Å²) in [7, 11) is 0. The molecular weight excluding hydrogens is 316 g/mol. The molecule has 128 valence electrons. The predicted octanol–water partition coefficient (Wildman–Crippen LogP) is -1.19. The molecule has 0 aliphatic heterocycles. The minimum Gasteiger partial charge on any atom is -0.394 e. The third-order valence-corrected chi connectivity index (χ3v) is 4.02. The van der Waals surface area contributed by atoms with Crippen LogP contribution in [0.5, 0.6) is 0 Å². The van der Waals surface area contributed by atoms with E-state index < -0.39 is 24.9 Å². The molecule has 0 unspecified atom stereocenters. The monoisotopic (exact) mass is 334 g/mol. The standard InChI is InChI=1S/C15H18N4O5/c1-2-18-14(24)8-5-3-4-6-9(8)19-13(16-17-15(18)19)12(23)11(22)10(21)7-20/h3-6,10-12,20-23H,2,7H2,1H3/t10-,11-,12+/m1/s1. The summed E-state index contributed by atoms with van der Waals surface area (Å²) in [6.45, 7) is 1.42. The van der Waals surface area contributed by atoms with Crippen LogP contribution in [0.4, 0.5) is 0 Å². The second-order valence-corrected chi connectivity index (χ2v) is 5.45. The first-order valence-electron chi connectivity index (χ1n) is 7.52. The molecule has 0 aliphatic carbocycles. The smallest absolute Gasteiger partial charge is 0.262 e. The van der Waals surface area contributed by atoms with Crippen molar-refractivity contribution in [2.75, 3.05) is 6.61 Å². The molecule has 1 aromatic carbocycles. The van der Waals surface area contributed by atoms with Crippen LogP contribution in [0.15, 0.2) is 29.1 Å². The van der Waals surface area contributed by atoms with E-state index in [9.17, 15) is 20.1 Å². The predicted molar refractivity (Wildman–Crippen MR) is 84.5 cm³/mol. The third kappa shape index (κ3) is 2.38. The lowest BCUT2D eigenvalue weighted by atomic mass is 10.1. The number of hydrogen-bond donors (Lipinski definition) is 4. The molecular formula is C15H18N4O5. The summed E-state index contributed by atoms with van der Waals surface area (Å²) >= 11 is 0. The van der Waals surface area contributed by atoms with Crippen molar-refractivity contribution < 1.29 is 20.4 Å². The van der Waals surface area contributed by atoms with Gasteiger partial charge < -0.3 is 20.4 Å². The molecule has 3 atom stereocenters. The van der Waals surface area contributed by atoms with Gasteiger partial charge in [-0.25, -0.2) is 0 Å². The topological polar surface area (TPSA) is 133 Å². The summed E-state index contributed by atoms with van der Waals surface area (Å²) in [6.07, 6.45) is -4.77. The Kier molecular flexibility index (Phi) is 4.33. The molecule has 0 fully saturated rings. The maximum absolute atomic E-state index is 12.5. The molecule has 2 heterocycles. The molecule has 0 spiro atoms. The van der Waals surface area contributed by atoms with Gasteiger partial charge in [-0.1, -0.05) is 12.1 Å². The fourth-order valence-corrected chi connectivity index (χ4v) is 2.73. The highest BCUT2D eigenvalue weighted by Crippen LogP contribution is 2.22. The average molecular weight is 334 g/mol. The minimum atomic E-state index is -1.65. The van der Waals surface area contributed by atoms with E-state index in [0.29, 0.717) is 17.4 Å². The number of rotatable bonds is 5. The van der Waals surface area contributed by atoms with Gasteiger partial charge in [-0.3, -0.25) is 13.8 Å². The number of benzene rings is 1. The van der Waals surface area contributed by atoms with Crippen LogP contribution in [-0.4, -0.2) is 58.4 Å². The Balaban J connectivity index is 2.32. The van der Waals surface area contributed by atoms with Crippen LogP contribution in [0.2, 0.25) is 0 Å². The van der Waals surface area contributed by atoms with Crippen molar-refractivity contribution in [2.24, 2.45) is 0 Å². The highest BCUT2D eigenvalue weighted by molar-refractivity contribution is 5.80. The van der Waals surface area contributed by atoms with Gasteiger partial charge in [-0.15, -0.1) is 10.2 Å². The summed E-state index contributed by atoms with van der Waals surface area (Å²) in [4.78, 5) is 12.5. The molecule has 0 saturated heterocycles. The number of aliphatic hydroxyl groups is 4. The first-order valence-corrected chi connectivity index (χ1v) is 7.52. The highest BCUT2D eigenvalue weighted by atomic mass is 16.4. The molecule has 0 aliphatic rings. The van der Waals surface area contributed by atoms with E-state index in [1.807, 2.05) is 0 Å².